The smallest absolute Gasteiger partial charge is 0.407 e. The van der Waals surface area contributed by atoms with Crippen LogP contribution in [0.2, 0.25) is 0 Å². The number of nitrogens with two attached hydrogens (primary N) is 1. The van der Waals surface area contributed by atoms with E-state index in [2.05, 4.69) is 20.0 Å². The quantitative estimate of drug-likeness (QED) is 0.626. The fourth-order valence-corrected chi connectivity index (χ4v) is 1.52. The number of nitrogens with one attached hydrogen (secondary N) is 1. The van der Waals surface area contributed by atoms with E-state index in [4.69, 9.17) is 10.5 Å². The Kier molecular flexibility index (Phi) is 6.49. The minimum absolute atomic E-state index is 0.0144. The van der Waals surface area contributed by atoms with Crippen molar-refractivity contribution in [3.63, 3.8) is 0 Å². The number of carbonyl (C=O) groups is 2. The topological polar surface area (TPSA) is 116 Å². The molecular weight excluding hydrogens is 300 g/mol. The number of alkyl carbamates (subject to hydrolysis) is 1. The van der Waals surface area contributed by atoms with Crippen molar-refractivity contribution in [1.82, 2.24) is 15.3 Å². The Morgan fingerprint density at radius 1 is 1.39 bits per heavy atom. The van der Waals surface area contributed by atoms with Gasteiger partial charge in [-0.2, -0.15) is 0 Å². The molecule has 1 heterocycles. The number of aromatic nitrogens is 2. The molecule has 0 aliphatic rings. The number of nitrogens with zero attached hydrogens (tertiary/aromatic N) is 2. The minimum atomic E-state index is -0.642. The molecule has 0 atom stereocenters. The summed E-state index contributed by atoms with van der Waals surface area (Å²) in [6.45, 7) is 5.80. The van der Waals surface area contributed by atoms with Gasteiger partial charge in [-0.3, -0.25) is 0 Å². The van der Waals surface area contributed by atoms with E-state index < -0.39 is 17.7 Å². The van der Waals surface area contributed by atoms with Crippen LogP contribution in [-0.4, -0.2) is 41.3 Å². The highest BCUT2D eigenvalue weighted by molar-refractivity contribution is 5.91. The molecular formula is C15H22N4O4. The summed E-state index contributed by atoms with van der Waals surface area (Å²) in [5.74, 6) is -0.627. The van der Waals surface area contributed by atoms with Crippen LogP contribution in [0, 0.1) is 0 Å². The summed E-state index contributed by atoms with van der Waals surface area (Å²) in [7, 11) is 1.24. The van der Waals surface area contributed by atoms with Gasteiger partial charge in [0.2, 0.25) is 0 Å². The molecule has 1 aromatic rings. The minimum Gasteiger partial charge on any atom is -0.464 e. The highest BCUT2D eigenvalue weighted by atomic mass is 16.6. The Morgan fingerprint density at radius 3 is 2.70 bits per heavy atom. The number of esters is 1. The second-order valence-corrected chi connectivity index (χ2v) is 5.64. The molecule has 1 rings (SSSR count). The monoisotopic (exact) mass is 322 g/mol. The van der Waals surface area contributed by atoms with Crippen LogP contribution in [0.25, 0.3) is 6.08 Å². The van der Waals surface area contributed by atoms with Crippen LogP contribution in [0.5, 0.6) is 0 Å². The molecule has 0 saturated carbocycles. The van der Waals surface area contributed by atoms with Crippen LogP contribution in [0.4, 0.5) is 10.6 Å². The molecule has 1 aromatic heterocycles. The maximum atomic E-state index is 11.5. The Morgan fingerprint density at radius 2 is 2.09 bits per heavy atom. The van der Waals surface area contributed by atoms with Crippen molar-refractivity contribution in [1.29, 1.82) is 0 Å². The van der Waals surface area contributed by atoms with E-state index in [1.54, 1.807) is 32.9 Å². The molecule has 0 radical (unpaired) electrons. The normalized spacial score (nSPS) is 11.3. The van der Waals surface area contributed by atoms with Gasteiger partial charge in [-0.15, -0.1) is 0 Å². The first kappa shape index (κ1) is 18.4. The Balaban J connectivity index is 2.50. The van der Waals surface area contributed by atoms with Gasteiger partial charge >= 0.3 is 12.1 Å². The highest BCUT2D eigenvalue weighted by Gasteiger charge is 2.15. The molecule has 0 fully saturated rings. The summed E-state index contributed by atoms with van der Waals surface area (Å²) in [6, 6.07) is 0. The lowest BCUT2D eigenvalue weighted by molar-refractivity contribution is 0.0527. The second kappa shape index (κ2) is 8.11. The lowest BCUT2D eigenvalue weighted by Gasteiger charge is -2.19. The van der Waals surface area contributed by atoms with E-state index in [9.17, 15) is 9.59 Å². The average molecular weight is 322 g/mol. The van der Waals surface area contributed by atoms with Crippen molar-refractivity contribution < 1.29 is 19.1 Å². The molecule has 8 heteroatoms. The molecule has 3 N–H and O–H groups in total. The van der Waals surface area contributed by atoms with Gasteiger partial charge < -0.3 is 20.5 Å². The molecule has 0 spiro atoms. The van der Waals surface area contributed by atoms with Crippen molar-refractivity contribution >= 4 is 24.0 Å². The average Bonchev–Trinajstić information content (AvgIpc) is 2.45. The number of anilines is 1. The van der Waals surface area contributed by atoms with Gasteiger partial charge in [0.05, 0.1) is 19.0 Å². The molecule has 0 aliphatic heterocycles. The zero-order valence-corrected chi connectivity index (χ0v) is 13.8. The molecule has 0 saturated heterocycles. The first-order chi connectivity index (χ1) is 10.7. The Hall–Kier alpha value is -2.64. The zero-order valence-electron chi connectivity index (χ0n) is 13.8. The first-order valence-corrected chi connectivity index (χ1v) is 7.07. The number of carbonyl (C=O) groups excluding carboxylic acids is 2. The molecule has 0 aromatic carbocycles. The van der Waals surface area contributed by atoms with Gasteiger partial charge in [0.1, 0.15) is 5.60 Å². The van der Waals surface area contributed by atoms with Crippen LogP contribution >= 0.6 is 0 Å². The predicted molar refractivity (Wildman–Crippen MR) is 85.7 cm³/mol. The fraction of sp³-hybridized carbons (Fsp3) is 0.467. The largest absolute Gasteiger partial charge is 0.464 e. The molecule has 23 heavy (non-hydrogen) atoms. The number of nitrogen functional groups attached to an aromatic ring is 1. The lowest BCUT2D eigenvalue weighted by Crippen LogP contribution is -2.32. The number of hydrogen-bond donors (Lipinski definition) is 2. The third kappa shape index (κ3) is 6.77. The number of ether oxygens (including phenoxy) is 2. The van der Waals surface area contributed by atoms with Crippen molar-refractivity contribution in [2.75, 3.05) is 19.4 Å². The maximum Gasteiger partial charge on any atom is 0.407 e. The van der Waals surface area contributed by atoms with E-state index in [1.807, 2.05) is 0 Å². The van der Waals surface area contributed by atoms with Crippen LogP contribution < -0.4 is 11.1 Å². The third-order valence-electron chi connectivity index (χ3n) is 2.47. The molecule has 0 bridgehead atoms. The Bertz CT molecular complexity index is 594. The number of methoxy groups -OCH3 is 1. The Labute approximate surface area is 135 Å². The maximum absolute atomic E-state index is 11.5. The number of amides is 1. The summed E-state index contributed by atoms with van der Waals surface area (Å²) >= 11 is 0. The van der Waals surface area contributed by atoms with Gasteiger partial charge in [-0.05, 0) is 33.3 Å². The van der Waals surface area contributed by atoms with Crippen LogP contribution in [0.3, 0.4) is 0 Å². The van der Waals surface area contributed by atoms with Crippen molar-refractivity contribution in [3.05, 3.63) is 23.7 Å². The predicted octanol–water partition coefficient (Wildman–Crippen LogP) is 1.77. The van der Waals surface area contributed by atoms with Gasteiger partial charge in [-0.25, -0.2) is 19.6 Å². The lowest BCUT2D eigenvalue weighted by atomic mass is 10.2. The van der Waals surface area contributed by atoms with E-state index in [0.29, 0.717) is 18.7 Å². The van der Waals surface area contributed by atoms with Crippen molar-refractivity contribution in [2.24, 2.45) is 0 Å². The molecule has 126 valence electrons. The summed E-state index contributed by atoms with van der Waals surface area (Å²) in [4.78, 5) is 30.9. The SMILES string of the molecule is COC(=O)c1nc(C=CCCNC(=O)OC(C)(C)C)cnc1N. The van der Waals surface area contributed by atoms with E-state index >= 15 is 0 Å². The van der Waals surface area contributed by atoms with Crippen LogP contribution in [0.1, 0.15) is 43.4 Å². The molecule has 1 amide bonds. The highest BCUT2D eigenvalue weighted by Crippen LogP contribution is 2.09. The van der Waals surface area contributed by atoms with Crippen molar-refractivity contribution in [3.8, 4) is 0 Å². The van der Waals surface area contributed by atoms with Gasteiger partial charge in [-0.1, -0.05) is 6.08 Å². The van der Waals surface area contributed by atoms with Crippen LogP contribution in [0.15, 0.2) is 12.3 Å². The number of rotatable bonds is 5. The second-order valence-electron chi connectivity index (χ2n) is 5.64. The van der Waals surface area contributed by atoms with Gasteiger partial charge in [0, 0.05) is 6.54 Å². The first-order valence-electron chi connectivity index (χ1n) is 7.07. The summed E-state index contributed by atoms with van der Waals surface area (Å²) < 4.78 is 9.68. The van der Waals surface area contributed by atoms with E-state index in [0.717, 1.165) is 0 Å². The van der Waals surface area contributed by atoms with Gasteiger partial charge in [0.15, 0.2) is 11.5 Å². The zero-order chi connectivity index (χ0) is 17.5. The standard InChI is InChI=1S/C15H22N4O4/c1-15(2,3)23-14(21)17-8-6-5-7-10-9-18-12(16)11(19-10)13(20)22-4/h5,7,9H,6,8H2,1-4H3,(H2,16,18)(H,17,21). The summed E-state index contributed by atoms with van der Waals surface area (Å²) in [5.41, 5.74) is 5.48. The molecule has 8 nitrogen and oxygen atoms in total. The third-order valence-corrected chi connectivity index (χ3v) is 2.47. The molecule has 0 unspecified atom stereocenters. The van der Waals surface area contributed by atoms with Crippen LogP contribution in [-0.2, 0) is 9.47 Å². The number of hydrogen-bond acceptors (Lipinski definition) is 7. The summed E-state index contributed by atoms with van der Waals surface area (Å²) in [6.07, 6.45) is 5.01. The summed E-state index contributed by atoms with van der Waals surface area (Å²) in [5, 5.41) is 2.63. The van der Waals surface area contributed by atoms with E-state index in [1.165, 1.54) is 13.3 Å². The van der Waals surface area contributed by atoms with Gasteiger partial charge in [0.25, 0.3) is 0 Å². The molecule has 0 aliphatic carbocycles. The van der Waals surface area contributed by atoms with Crippen molar-refractivity contribution in [2.45, 2.75) is 32.8 Å². The van der Waals surface area contributed by atoms with E-state index in [-0.39, 0.29) is 11.5 Å². The fourth-order valence-electron chi connectivity index (χ4n) is 1.52.